The number of nitro benzene ring substituents is 1. The number of hydrogen-bond acceptors (Lipinski definition) is 6. The van der Waals surface area contributed by atoms with Crippen molar-refractivity contribution in [3.63, 3.8) is 0 Å². The van der Waals surface area contributed by atoms with Crippen LogP contribution in [0.15, 0.2) is 58.3 Å². The topological polar surface area (TPSA) is 111 Å². The number of amides is 1. The van der Waals surface area contributed by atoms with Crippen molar-refractivity contribution in [3.8, 4) is 11.3 Å². The fourth-order valence-corrected chi connectivity index (χ4v) is 2.57. The van der Waals surface area contributed by atoms with Gasteiger partial charge < -0.3 is 4.42 Å². The van der Waals surface area contributed by atoms with Gasteiger partial charge in [0, 0.05) is 29.6 Å². The van der Waals surface area contributed by atoms with E-state index in [1.54, 1.807) is 44.3 Å². The molecule has 8 heteroatoms. The van der Waals surface area contributed by atoms with Crippen molar-refractivity contribution in [2.45, 2.75) is 13.8 Å². The summed E-state index contributed by atoms with van der Waals surface area (Å²) in [6.45, 7) is 3.46. The number of furan rings is 1. The minimum atomic E-state index is -0.412. The Morgan fingerprint density at radius 2 is 2.11 bits per heavy atom. The number of nitrogens with zero attached hydrogens (tertiary/aromatic N) is 3. The van der Waals surface area contributed by atoms with Crippen LogP contribution in [0.1, 0.15) is 27.2 Å². The number of hydrogen-bond donors (Lipinski definition) is 1. The summed E-state index contributed by atoms with van der Waals surface area (Å²) in [6.07, 6.45) is 4.36. The lowest BCUT2D eigenvalue weighted by atomic mass is 10.0. The van der Waals surface area contributed by atoms with Crippen LogP contribution in [0.3, 0.4) is 0 Å². The lowest BCUT2D eigenvalue weighted by Gasteiger charge is -2.05. The van der Waals surface area contributed by atoms with Gasteiger partial charge in [0.15, 0.2) is 0 Å². The minimum absolute atomic E-state index is 0.0420. The second-order valence-electron chi connectivity index (χ2n) is 5.86. The molecule has 0 atom stereocenters. The summed E-state index contributed by atoms with van der Waals surface area (Å²) in [5.41, 5.74) is 4.73. The third-order valence-corrected chi connectivity index (χ3v) is 3.90. The zero-order chi connectivity index (χ0) is 19.4. The monoisotopic (exact) mass is 364 g/mol. The summed E-state index contributed by atoms with van der Waals surface area (Å²) in [5.74, 6) is 0.496. The van der Waals surface area contributed by atoms with E-state index in [-0.39, 0.29) is 5.69 Å². The standard InChI is InChI=1S/C19H16N4O4/c1-12-8-16(13(2)17(9-12)23(25)26)18-6-5-15(27-18)11-21-22-19(24)14-4-3-7-20-10-14/h3-11H,1-2H3,(H,22,24)/b21-11+. The summed E-state index contributed by atoms with van der Waals surface area (Å²) in [4.78, 5) is 26.5. The molecular weight excluding hydrogens is 348 g/mol. The van der Waals surface area contributed by atoms with E-state index in [9.17, 15) is 14.9 Å². The highest BCUT2D eigenvalue weighted by atomic mass is 16.6. The molecule has 0 aliphatic heterocycles. The normalized spacial score (nSPS) is 10.9. The number of rotatable bonds is 5. The van der Waals surface area contributed by atoms with Crippen LogP contribution in [0.2, 0.25) is 0 Å². The maximum absolute atomic E-state index is 11.9. The lowest BCUT2D eigenvalue weighted by molar-refractivity contribution is -0.385. The molecule has 0 aliphatic rings. The second-order valence-corrected chi connectivity index (χ2v) is 5.86. The molecule has 1 amide bonds. The molecule has 3 rings (SSSR count). The Morgan fingerprint density at radius 3 is 2.81 bits per heavy atom. The van der Waals surface area contributed by atoms with E-state index >= 15 is 0 Å². The van der Waals surface area contributed by atoms with Crippen molar-refractivity contribution < 1.29 is 14.1 Å². The predicted molar refractivity (Wildman–Crippen MR) is 99.6 cm³/mol. The average molecular weight is 364 g/mol. The summed E-state index contributed by atoms with van der Waals surface area (Å²) >= 11 is 0. The molecule has 1 N–H and O–H groups in total. The van der Waals surface area contributed by atoms with E-state index in [0.29, 0.717) is 28.2 Å². The van der Waals surface area contributed by atoms with Crippen LogP contribution in [0.4, 0.5) is 5.69 Å². The van der Waals surface area contributed by atoms with Gasteiger partial charge in [-0.15, -0.1) is 0 Å². The number of carbonyl (C=O) groups is 1. The van der Waals surface area contributed by atoms with Gasteiger partial charge in [0.05, 0.1) is 16.7 Å². The summed E-state index contributed by atoms with van der Waals surface area (Å²) < 4.78 is 5.69. The van der Waals surface area contributed by atoms with Gasteiger partial charge in [-0.2, -0.15) is 5.10 Å². The van der Waals surface area contributed by atoms with Crippen molar-refractivity contribution in [2.24, 2.45) is 5.10 Å². The molecule has 3 aromatic rings. The van der Waals surface area contributed by atoms with Gasteiger partial charge in [0.1, 0.15) is 11.5 Å². The van der Waals surface area contributed by atoms with Crippen LogP contribution in [-0.2, 0) is 0 Å². The Labute approximate surface area is 154 Å². The third-order valence-electron chi connectivity index (χ3n) is 3.90. The first-order valence-corrected chi connectivity index (χ1v) is 8.05. The quantitative estimate of drug-likeness (QED) is 0.422. The molecule has 0 bridgehead atoms. The highest BCUT2D eigenvalue weighted by Crippen LogP contribution is 2.32. The number of benzene rings is 1. The largest absolute Gasteiger partial charge is 0.455 e. The van der Waals surface area contributed by atoms with Crippen LogP contribution in [-0.4, -0.2) is 22.0 Å². The molecule has 0 unspecified atom stereocenters. The smallest absolute Gasteiger partial charge is 0.273 e. The van der Waals surface area contributed by atoms with Gasteiger partial charge in [0.2, 0.25) is 0 Å². The van der Waals surface area contributed by atoms with Gasteiger partial charge >= 0.3 is 0 Å². The first kappa shape index (κ1) is 18.0. The Kier molecular flexibility index (Phi) is 5.07. The minimum Gasteiger partial charge on any atom is -0.455 e. The molecule has 0 saturated carbocycles. The third kappa shape index (κ3) is 4.06. The van der Waals surface area contributed by atoms with E-state index in [1.807, 2.05) is 6.07 Å². The molecule has 136 valence electrons. The van der Waals surface area contributed by atoms with E-state index in [0.717, 1.165) is 5.56 Å². The maximum atomic E-state index is 11.9. The number of aryl methyl sites for hydroxylation is 1. The number of nitro groups is 1. The Balaban J connectivity index is 1.78. The van der Waals surface area contributed by atoms with Crippen LogP contribution in [0.5, 0.6) is 0 Å². The number of pyridine rings is 1. The highest BCUT2D eigenvalue weighted by Gasteiger charge is 2.18. The van der Waals surface area contributed by atoms with E-state index in [2.05, 4.69) is 15.5 Å². The summed E-state index contributed by atoms with van der Waals surface area (Å²) in [6, 6.07) is 10.00. The van der Waals surface area contributed by atoms with Crippen LogP contribution >= 0.6 is 0 Å². The maximum Gasteiger partial charge on any atom is 0.273 e. The van der Waals surface area contributed by atoms with Gasteiger partial charge in [-0.25, -0.2) is 5.43 Å². The predicted octanol–water partition coefficient (Wildman–Crippen LogP) is 3.63. The van der Waals surface area contributed by atoms with Crippen molar-refractivity contribution in [1.82, 2.24) is 10.4 Å². The molecule has 0 radical (unpaired) electrons. The van der Waals surface area contributed by atoms with Crippen molar-refractivity contribution in [1.29, 1.82) is 0 Å². The van der Waals surface area contributed by atoms with Gasteiger partial charge in [-0.1, -0.05) is 0 Å². The average Bonchev–Trinajstić information content (AvgIpc) is 3.12. The number of carbonyl (C=O) groups excluding carboxylic acids is 1. The number of hydrazone groups is 1. The zero-order valence-corrected chi connectivity index (χ0v) is 14.7. The lowest BCUT2D eigenvalue weighted by Crippen LogP contribution is -2.17. The summed E-state index contributed by atoms with van der Waals surface area (Å²) in [7, 11) is 0. The van der Waals surface area contributed by atoms with Crippen LogP contribution in [0, 0.1) is 24.0 Å². The van der Waals surface area contributed by atoms with Crippen LogP contribution < -0.4 is 5.43 Å². The van der Waals surface area contributed by atoms with Gasteiger partial charge in [-0.05, 0) is 49.7 Å². The SMILES string of the molecule is Cc1cc(-c2ccc(/C=N/NC(=O)c3cccnc3)o2)c(C)c([N+](=O)[O-])c1. The van der Waals surface area contributed by atoms with Crippen LogP contribution in [0.25, 0.3) is 11.3 Å². The van der Waals surface area contributed by atoms with Crippen molar-refractivity contribution in [2.75, 3.05) is 0 Å². The Morgan fingerprint density at radius 1 is 1.30 bits per heavy atom. The molecule has 0 spiro atoms. The Hall–Kier alpha value is -3.81. The second kappa shape index (κ2) is 7.61. The molecule has 2 heterocycles. The molecule has 0 fully saturated rings. The van der Waals surface area contributed by atoms with Gasteiger partial charge in [0.25, 0.3) is 11.6 Å². The fourth-order valence-electron chi connectivity index (χ4n) is 2.57. The molecule has 8 nitrogen and oxygen atoms in total. The first-order valence-electron chi connectivity index (χ1n) is 8.05. The molecule has 27 heavy (non-hydrogen) atoms. The first-order chi connectivity index (χ1) is 13.0. The fraction of sp³-hybridized carbons (Fsp3) is 0.105. The number of aromatic nitrogens is 1. The Bertz CT molecular complexity index is 1030. The van der Waals surface area contributed by atoms with Crippen molar-refractivity contribution in [3.05, 3.63) is 81.4 Å². The molecule has 1 aromatic carbocycles. The molecular formula is C19H16N4O4. The van der Waals surface area contributed by atoms with E-state index in [1.165, 1.54) is 18.5 Å². The van der Waals surface area contributed by atoms with E-state index < -0.39 is 10.8 Å². The highest BCUT2D eigenvalue weighted by molar-refractivity contribution is 5.94. The zero-order valence-electron chi connectivity index (χ0n) is 14.7. The molecule has 0 saturated heterocycles. The van der Waals surface area contributed by atoms with Crippen molar-refractivity contribution >= 4 is 17.8 Å². The molecule has 2 aromatic heterocycles. The van der Waals surface area contributed by atoms with Gasteiger partial charge in [-0.3, -0.25) is 19.9 Å². The summed E-state index contributed by atoms with van der Waals surface area (Å²) in [5, 5.41) is 15.1. The van der Waals surface area contributed by atoms with E-state index in [4.69, 9.17) is 4.42 Å². The molecule has 0 aliphatic carbocycles. The number of nitrogens with one attached hydrogen (secondary N) is 1.